The quantitative estimate of drug-likeness (QED) is 0.664. The molecule has 0 aromatic heterocycles. The van der Waals surface area contributed by atoms with Crippen LogP contribution in [0.1, 0.15) is 25.7 Å². The molecule has 2 amide bonds. The number of rotatable bonds is 2. The molecule has 2 N–H and O–H groups in total. The Balaban J connectivity index is 1.84. The summed E-state index contributed by atoms with van der Waals surface area (Å²) < 4.78 is 0. The van der Waals surface area contributed by atoms with Crippen LogP contribution in [-0.4, -0.2) is 48.9 Å². The first-order valence-electron chi connectivity index (χ1n) is 6.03. The molecule has 5 nitrogen and oxygen atoms in total. The first kappa shape index (κ1) is 11.4. The molecule has 2 fully saturated rings. The van der Waals surface area contributed by atoms with Crippen LogP contribution in [0.25, 0.3) is 0 Å². The summed E-state index contributed by atoms with van der Waals surface area (Å²) in [6.07, 6.45) is 3.62. The first-order valence-corrected chi connectivity index (χ1v) is 6.03. The van der Waals surface area contributed by atoms with E-state index < -0.39 is 0 Å². The number of carbonyl (C=O) groups excluding carboxylic acids is 2. The van der Waals surface area contributed by atoms with Crippen molar-refractivity contribution >= 4 is 11.8 Å². The average Bonchev–Trinajstić information content (AvgIpc) is 2.65. The molecule has 2 rings (SSSR count). The van der Waals surface area contributed by atoms with Crippen LogP contribution >= 0.6 is 0 Å². The molecule has 0 saturated carbocycles. The van der Waals surface area contributed by atoms with Crippen LogP contribution in [0, 0.1) is 0 Å². The average molecular weight is 225 g/mol. The van der Waals surface area contributed by atoms with Crippen LogP contribution in [0.15, 0.2) is 0 Å². The van der Waals surface area contributed by atoms with Gasteiger partial charge in [0.2, 0.25) is 11.8 Å². The molecule has 0 aliphatic carbocycles. The van der Waals surface area contributed by atoms with E-state index in [-0.39, 0.29) is 18.4 Å². The van der Waals surface area contributed by atoms with Gasteiger partial charge in [-0.1, -0.05) is 0 Å². The molecule has 0 spiro atoms. The number of amides is 2. The van der Waals surface area contributed by atoms with Gasteiger partial charge in [0.05, 0.1) is 6.54 Å². The van der Waals surface area contributed by atoms with Crippen molar-refractivity contribution in [3.63, 3.8) is 0 Å². The second-order valence-electron chi connectivity index (χ2n) is 4.52. The highest BCUT2D eigenvalue weighted by molar-refractivity contribution is 5.85. The zero-order valence-corrected chi connectivity index (χ0v) is 9.50. The summed E-state index contributed by atoms with van der Waals surface area (Å²) >= 11 is 0. The fourth-order valence-electron chi connectivity index (χ4n) is 2.29. The van der Waals surface area contributed by atoms with Crippen LogP contribution in [-0.2, 0) is 9.59 Å². The molecule has 1 atom stereocenters. The van der Waals surface area contributed by atoms with Gasteiger partial charge < -0.3 is 15.5 Å². The maximum atomic E-state index is 12.0. The molecule has 2 heterocycles. The van der Waals surface area contributed by atoms with Gasteiger partial charge in [-0.2, -0.15) is 0 Å². The summed E-state index contributed by atoms with van der Waals surface area (Å²) in [5.41, 5.74) is 0. The third kappa shape index (κ3) is 2.95. The molecular formula is C11H19N3O2. The Morgan fingerprint density at radius 1 is 1.38 bits per heavy atom. The highest BCUT2D eigenvalue weighted by Gasteiger charge is 2.23. The van der Waals surface area contributed by atoms with E-state index in [1.165, 1.54) is 0 Å². The molecule has 0 aromatic carbocycles. The van der Waals surface area contributed by atoms with Crippen molar-refractivity contribution in [3.05, 3.63) is 0 Å². The van der Waals surface area contributed by atoms with Gasteiger partial charge >= 0.3 is 0 Å². The minimum atomic E-state index is -0.0368. The molecular weight excluding hydrogens is 206 g/mol. The highest BCUT2D eigenvalue weighted by atomic mass is 16.2. The summed E-state index contributed by atoms with van der Waals surface area (Å²) in [5.74, 6) is 0.0710. The lowest BCUT2D eigenvalue weighted by Gasteiger charge is -2.21. The Labute approximate surface area is 95.6 Å². The zero-order valence-electron chi connectivity index (χ0n) is 9.50. The second-order valence-corrected chi connectivity index (χ2v) is 4.52. The van der Waals surface area contributed by atoms with Crippen molar-refractivity contribution in [3.8, 4) is 0 Å². The second kappa shape index (κ2) is 5.30. The van der Waals surface area contributed by atoms with E-state index in [9.17, 15) is 9.59 Å². The van der Waals surface area contributed by atoms with Gasteiger partial charge in [-0.25, -0.2) is 0 Å². The van der Waals surface area contributed by atoms with Crippen molar-refractivity contribution in [1.82, 2.24) is 15.5 Å². The Morgan fingerprint density at radius 3 is 3.00 bits per heavy atom. The van der Waals surface area contributed by atoms with E-state index in [0.29, 0.717) is 25.6 Å². The smallest absolute Gasteiger partial charge is 0.239 e. The van der Waals surface area contributed by atoms with Gasteiger partial charge in [-0.3, -0.25) is 9.59 Å². The summed E-state index contributed by atoms with van der Waals surface area (Å²) in [6.45, 7) is 2.62. The van der Waals surface area contributed by atoms with Crippen molar-refractivity contribution in [2.45, 2.75) is 31.7 Å². The lowest BCUT2D eigenvalue weighted by molar-refractivity contribution is -0.135. The molecule has 2 aliphatic heterocycles. The number of nitrogens with one attached hydrogen (secondary N) is 2. The Bertz CT molecular complexity index is 274. The molecule has 1 unspecified atom stereocenters. The van der Waals surface area contributed by atoms with E-state index in [4.69, 9.17) is 0 Å². The summed E-state index contributed by atoms with van der Waals surface area (Å²) in [6, 6.07) is 0.318. The topological polar surface area (TPSA) is 61.4 Å². The Hall–Kier alpha value is -1.10. The number of carbonyl (C=O) groups is 2. The minimum absolute atomic E-state index is 0.0368. The van der Waals surface area contributed by atoms with Crippen LogP contribution in [0.3, 0.4) is 0 Å². The van der Waals surface area contributed by atoms with Gasteiger partial charge in [0.1, 0.15) is 0 Å². The summed E-state index contributed by atoms with van der Waals surface area (Å²) in [7, 11) is 0. The molecule has 90 valence electrons. The number of hydrogen-bond acceptors (Lipinski definition) is 3. The van der Waals surface area contributed by atoms with Gasteiger partial charge in [-0.15, -0.1) is 0 Å². The predicted molar refractivity (Wildman–Crippen MR) is 59.8 cm³/mol. The van der Waals surface area contributed by atoms with Crippen LogP contribution in [0.2, 0.25) is 0 Å². The Kier molecular flexibility index (Phi) is 3.77. The third-order valence-electron chi connectivity index (χ3n) is 3.20. The molecule has 16 heavy (non-hydrogen) atoms. The van der Waals surface area contributed by atoms with E-state index in [1.54, 1.807) is 4.90 Å². The maximum Gasteiger partial charge on any atom is 0.239 e. The van der Waals surface area contributed by atoms with Gasteiger partial charge in [-0.05, 0) is 25.8 Å². The Morgan fingerprint density at radius 2 is 2.25 bits per heavy atom. The van der Waals surface area contributed by atoms with Crippen LogP contribution in [0.4, 0.5) is 0 Å². The molecule has 5 heteroatoms. The van der Waals surface area contributed by atoms with E-state index in [2.05, 4.69) is 10.6 Å². The first-order chi connectivity index (χ1) is 7.75. The highest BCUT2D eigenvalue weighted by Crippen LogP contribution is 2.11. The van der Waals surface area contributed by atoms with Crippen molar-refractivity contribution in [1.29, 1.82) is 0 Å². The standard InChI is InChI=1S/C11H19N3O2/c15-10-8-14(6-2-5-13-10)11(16)7-9-3-1-4-12-9/h9,12H,1-8H2,(H,13,15). The molecule has 0 aromatic rings. The largest absolute Gasteiger partial charge is 0.354 e. The molecule has 0 radical (unpaired) electrons. The zero-order chi connectivity index (χ0) is 11.4. The fraction of sp³-hybridized carbons (Fsp3) is 0.818. The van der Waals surface area contributed by atoms with Crippen molar-refractivity contribution in [2.24, 2.45) is 0 Å². The third-order valence-corrected chi connectivity index (χ3v) is 3.20. The van der Waals surface area contributed by atoms with Gasteiger partial charge in [0.15, 0.2) is 0 Å². The van der Waals surface area contributed by atoms with Crippen LogP contribution in [0.5, 0.6) is 0 Å². The van der Waals surface area contributed by atoms with Crippen molar-refractivity contribution in [2.75, 3.05) is 26.2 Å². The van der Waals surface area contributed by atoms with Gasteiger partial charge in [0.25, 0.3) is 0 Å². The molecule has 0 bridgehead atoms. The van der Waals surface area contributed by atoms with E-state index in [0.717, 1.165) is 25.8 Å². The van der Waals surface area contributed by atoms with E-state index in [1.807, 2.05) is 0 Å². The summed E-state index contributed by atoms with van der Waals surface area (Å²) in [5, 5.41) is 6.08. The SMILES string of the molecule is O=C1CN(C(=O)CC2CCCN2)CCCN1. The fourth-order valence-corrected chi connectivity index (χ4v) is 2.29. The van der Waals surface area contributed by atoms with Crippen LogP contribution < -0.4 is 10.6 Å². The lowest BCUT2D eigenvalue weighted by Crippen LogP contribution is -2.40. The predicted octanol–water partition coefficient (Wildman–Crippen LogP) is -0.523. The number of nitrogens with zero attached hydrogens (tertiary/aromatic N) is 1. The lowest BCUT2D eigenvalue weighted by atomic mass is 10.1. The van der Waals surface area contributed by atoms with Gasteiger partial charge in [0, 0.05) is 25.6 Å². The minimum Gasteiger partial charge on any atom is -0.354 e. The molecule has 2 saturated heterocycles. The summed E-state index contributed by atoms with van der Waals surface area (Å²) in [4.78, 5) is 25.0. The normalized spacial score (nSPS) is 26.4. The molecule has 2 aliphatic rings. The van der Waals surface area contributed by atoms with Crippen molar-refractivity contribution < 1.29 is 9.59 Å². The van der Waals surface area contributed by atoms with E-state index >= 15 is 0 Å². The number of hydrogen-bond donors (Lipinski definition) is 2. The maximum absolute atomic E-state index is 12.0. The monoisotopic (exact) mass is 225 g/mol.